The Bertz CT molecular complexity index is 2370. The van der Waals surface area contributed by atoms with Crippen molar-refractivity contribution in [1.82, 2.24) is 20.1 Å². The summed E-state index contributed by atoms with van der Waals surface area (Å²) in [6.45, 7) is 5.54. The number of fused-ring (bicyclic) bond motifs is 1. The van der Waals surface area contributed by atoms with E-state index in [4.69, 9.17) is 32.9 Å². The second-order valence-corrected chi connectivity index (χ2v) is 17.9. The minimum Gasteiger partial charge on any atom is -0.507 e. The molecule has 18 heteroatoms. The summed E-state index contributed by atoms with van der Waals surface area (Å²) in [6.07, 6.45) is 11.7. The number of nitrogens with zero attached hydrogens (tertiary/aromatic N) is 5. The van der Waals surface area contributed by atoms with Crippen molar-refractivity contribution in [3.8, 4) is 5.75 Å². The maximum atomic E-state index is 13.4. The van der Waals surface area contributed by atoms with Crippen molar-refractivity contribution in [2.45, 2.75) is 82.8 Å². The first-order valence-electron chi connectivity index (χ1n) is 23.8. The molecule has 0 bridgehead atoms. The van der Waals surface area contributed by atoms with Crippen LogP contribution in [0.25, 0.3) is 0 Å². The van der Waals surface area contributed by atoms with Crippen molar-refractivity contribution in [1.29, 1.82) is 10.8 Å². The number of para-hydroxylation sites is 1. The number of amidine groups is 1. The largest absolute Gasteiger partial charge is 0.507 e. The van der Waals surface area contributed by atoms with E-state index in [2.05, 4.69) is 44.7 Å². The van der Waals surface area contributed by atoms with E-state index in [1.165, 1.54) is 17.0 Å². The van der Waals surface area contributed by atoms with Crippen molar-refractivity contribution in [3.63, 3.8) is 0 Å². The van der Waals surface area contributed by atoms with Gasteiger partial charge in [0.25, 0.3) is 11.8 Å². The van der Waals surface area contributed by atoms with Crippen LogP contribution in [-0.4, -0.2) is 126 Å². The number of ether oxygens (including phenoxy) is 1. The molecule has 3 aromatic rings. The lowest BCUT2D eigenvalue weighted by molar-refractivity contribution is -0.131. The average Bonchev–Trinajstić information content (AvgIpc) is 3.60. The molecule has 4 aliphatic rings. The van der Waals surface area contributed by atoms with Gasteiger partial charge < -0.3 is 51.7 Å². The quantitative estimate of drug-likeness (QED) is 0.0138. The summed E-state index contributed by atoms with van der Waals surface area (Å²) in [7, 11) is 0. The Morgan fingerprint density at radius 3 is 2.26 bits per heavy atom. The molecule has 362 valence electrons. The smallest absolute Gasteiger partial charge is 0.263 e. The number of imide groups is 1. The fraction of sp³-hybridized carbons (Fsp3) is 0.440. The van der Waals surface area contributed by atoms with Gasteiger partial charge in [-0.15, -0.1) is 0 Å². The second-order valence-electron chi connectivity index (χ2n) is 17.9. The molecule has 0 spiro atoms. The Kier molecular flexibility index (Phi) is 16.6. The lowest BCUT2D eigenvalue weighted by Crippen LogP contribution is -2.50. The van der Waals surface area contributed by atoms with Crippen LogP contribution in [0.15, 0.2) is 90.5 Å². The summed E-state index contributed by atoms with van der Waals surface area (Å²) in [5.41, 5.74) is 16.3. The first-order chi connectivity index (χ1) is 32.9. The Morgan fingerprint density at radius 1 is 0.853 bits per heavy atom. The summed E-state index contributed by atoms with van der Waals surface area (Å²) >= 11 is 0. The summed E-state index contributed by atoms with van der Waals surface area (Å²) < 4.78 is 6.17. The number of allylic oxidation sites excluding steroid dienone is 1. The number of piperidine rings is 2. The number of anilines is 3. The van der Waals surface area contributed by atoms with Gasteiger partial charge in [0, 0.05) is 99.3 Å². The summed E-state index contributed by atoms with van der Waals surface area (Å²) in [6, 6.07) is 19.8. The number of carbonyl (C=O) groups excluding carboxylic acids is 4. The van der Waals surface area contributed by atoms with Crippen molar-refractivity contribution in [2.75, 3.05) is 74.0 Å². The maximum absolute atomic E-state index is 13.4. The zero-order valence-corrected chi connectivity index (χ0v) is 38.8. The number of nitrogens with two attached hydrogens (primary N) is 3. The molecule has 3 fully saturated rings. The van der Waals surface area contributed by atoms with Crippen LogP contribution >= 0.6 is 0 Å². The van der Waals surface area contributed by atoms with Crippen molar-refractivity contribution >= 4 is 52.2 Å². The number of hydrogen-bond acceptors (Lipinski definition) is 14. The molecule has 0 radical (unpaired) electrons. The van der Waals surface area contributed by atoms with Crippen molar-refractivity contribution in [2.24, 2.45) is 17.3 Å². The van der Waals surface area contributed by atoms with Crippen LogP contribution in [0.1, 0.15) is 96.9 Å². The molecule has 3 saturated heterocycles. The molecule has 4 aliphatic heterocycles. The van der Waals surface area contributed by atoms with E-state index in [1.807, 2.05) is 4.90 Å². The highest BCUT2D eigenvalue weighted by Gasteiger charge is 2.42. The second kappa shape index (κ2) is 23.1. The highest BCUT2D eigenvalue weighted by atomic mass is 16.5. The van der Waals surface area contributed by atoms with E-state index in [0.717, 1.165) is 82.4 Å². The lowest BCUT2D eigenvalue weighted by atomic mass is 10.1. The van der Waals surface area contributed by atoms with E-state index < -0.39 is 0 Å². The molecule has 0 saturated carbocycles. The van der Waals surface area contributed by atoms with Crippen LogP contribution in [0.4, 0.5) is 17.1 Å². The Balaban J connectivity index is 0.746. The van der Waals surface area contributed by atoms with Crippen molar-refractivity contribution < 1.29 is 29.0 Å². The zero-order valence-electron chi connectivity index (χ0n) is 38.8. The van der Waals surface area contributed by atoms with Gasteiger partial charge in [-0.2, -0.15) is 0 Å². The van der Waals surface area contributed by atoms with Gasteiger partial charge in [0.1, 0.15) is 11.9 Å². The number of phenolic OH excluding ortho intramolecular Hbond substituents is 1. The highest BCUT2D eigenvalue weighted by molar-refractivity contribution is 6.24. The van der Waals surface area contributed by atoms with Gasteiger partial charge in [0.15, 0.2) is 11.6 Å². The third-order valence-corrected chi connectivity index (χ3v) is 13.0. The number of benzene rings is 3. The summed E-state index contributed by atoms with van der Waals surface area (Å²) in [5, 5.41) is 34.2. The van der Waals surface area contributed by atoms with Crippen LogP contribution in [0, 0.1) is 10.8 Å². The summed E-state index contributed by atoms with van der Waals surface area (Å²) in [4.78, 5) is 59.0. The Labute approximate surface area is 398 Å². The number of piperazine rings is 1. The SMILES string of the molecule is N=C(N)/C(=C\C(=N)c1ccccc1O)OC1CCCN(c2ccc(N3CCN(C(=O)CCCCCCCCN(N)/C=C(\N)CNc4cccc5c4C(=O)N(C4CCC(=O)NC4)C5=O)CC3)cc2)C1. The van der Waals surface area contributed by atoms with E-state index in [0.29, 0.717) is 67.1 Å². The highest BCUT2D eigenvalue weighted by Crippen LogP contribution is 2.32. The molecule has 2 unspecified atom stereocenters. The van der Waals surface area contributed by atoms with Gasteiger partial charge >= 0.3 is 0 Å². The molecule has 7 rings (SSSR count). The number of carbonyl (C=O) groups is 4. The van der Waals surface area contributed by atoms with E-state index in [-0.39, 0.29) is 78.3 Å². The first kappa shape index (κ1) is 48.8. The standard InChI is InChI=1S/C50H66N12O6/c51-34(30-56-42-14-9-13-40-47(42)50(67)62(49(40)66)37-21-22-45(64)57-31-37)32-61(55)24-8-4-2-1-3-5-16-46(65)59-27-25-58(26-28-59)35-17-19-36(20-18-35)60-23-10-11-38(33-60)68-44(48(53)54)29-41(52)39-12-6-7-15-43(39)63/h6-7,9,12-15,17-20,29,32,37-38,52,56,63H,1-5,8,10-11,16,21-28,30-31,33,51,55H2,(H3,53,54)(H,57,64)/b34-32-,44-29+,52-41?. The van der Waals surface area contributed by atoms with Gasteiger partial charge in [-0.3, -0.25) is 34.9 Å². The Hall–Kier alpha value is -7.08. The normalized spacial score (nSPS) is 18.9. The molecule has 11 N–H and O–H groups in total. The van der Waals surface area contributed by atoms with Crippen molar-refractivity contribution in [3.05, 3.63) is 107 Å². The maximum Gasteiger partial charge on any atom is 0.263 e. The van der Waals surface area contributed by atoms with E-state index in [9.17, 15) is 24.3 Å². The van der Waals surface area contributed by atoms with E-state index >= 15 is 0 Å². The first-order valence-corrected chi connectivity index (χ1v) is 23.8. The molecular weight excluding hydrogens is 865 g/mol. The molecule has 4 heterocycles. The number of unbranched alkanes of at least 4 members (excludes halogenated alkanes) is 5. The molecule has 0 aliphatic carbocycles. The predicted molar refractivity (Wildman–Crippen MR) is 263 cm³/mol. The van der Waals surface area contributed by atoms with Gasteiger partial charge in [-0.25, -0.2) is 5.84 Å². The lowest BCUT2D eigenvalue weighted by Gasteiger charge is -2.37. The molecule has 0 aromatic heterocycles. The molecule has 68 heavy (non-hydrogen) atoms. The van der Waals surface area contributed by atoms with Crippen LogP contribution in [0.5, 0.6) is 5.75 Å². The number of aromatic hydroxyl groups is 1. The minimum atomic E-state index is -0.376. The fourth-order valence-corrected chi connectivity index (χ4v) is 9.30. The van der Waals surface area contributed by atoms with Crippen LogP contribution < -0.4 is 37.7 Å². The molecule has 2 atom stereocenters. The monoisotopic (exact) mass is 931 g/mol. The fourth-order valence-electron chi connectivity index (χ4n) is 9.30. The third-order valence-electron chi connectivity index (χ3n) is 13.0. The van der Waals surface area contributed by atoms with Crippen LogP contribution in [0.3, 0.4) is 0 Å². The minimum absolute atomic E-state index is 0.0148. The molecular formula is C50H66N12O6. The van der Waals surface area contributed by atoms with Gasteiger partial charge in [-0.05, 0) is 80.6 Å². The third kappa shape index (κ3) is 12.5. The number of amides is 4. The summed E-state index contributed by atoms with van der Waals surface area (Å²) in [5.74, 6) is 5.45. The number of phenols is 1. The number of hydrazine groups is 1. The zero-order chi connectivity index (χ0) is 48.2. The van der Waals surface area contributed by atoms with Crippen LogP contribution in [-0.2, 0) is 14.3 Å². The molecule has 4 amide bonds. The topological polar surface area (TPSA) is 264 Å². The molecule has 18 nitrogen and oxygen atoms in total. The Morgan fingerprint density at radius 2 is 1.56 bits per heavy atom. The van der Waals surface area contributed by atoms with Gasteiger partial charge in [0.05, 0.1) is 36.0 Å². The number of rotatable bonds is 21. The predicted octanol–water partition coefficient (Wildman–Crippen LogP) is 4.61. The van der Waals surface area contributed by atoms with Crippen LogP contribution in [0.2, 0.25) is 0 Å². The average molecular weight is 931 g/mol. The van der Waals surface area contributed by atoms with Gasteiger partial charge in [0.2, 0.25) is 11.8 Å². The van der Waals surface area contributed by atoms with Gasteiger partial charge in [-0.1, -0.05) is 43.9 Å². The number of hydrogen-bond donors (Lipinski definition) is 8. The number of nitrogens with one attached hydrogen (secondary N) is 4. The molecule has 3 aromatic carbocycles. The van der Waals surface area contributed by atoms with E-state index in [1.54, 1.807) is 47.6 Å².